The number of hydrogen-bond acceptors (Lipinski definition) is 5. The van der Waals surface area contributed by atoms with E-state index in [0.717, 1.165) is 48.2 Å². The zero-order chi connectivity index (χ0) is 26.3. The van der Waals surface area contributed by atoms with Crippen molar-refractivity contribution < 1.29 is 24.2 Å². The largest absolute Gasteiger partial charge is 0.487 e. The van der Waals surface area contributed by atoms with E-state index in [9.17, 15) is 14.7 Å². The van der Waals surface area contributed by atoms with Gasteiger partial charge in [0.05, 0.1) is 30.1 Å². The average Bonchev–Trinajstić information content (AvgIpc) is 3.34. The van der Waals surface area contributed by atoms with E-state index in [1.54, 1.807) is 0 Å². The molecule has 2 fully saturated rings. The Bertz CT molecular complexity index is 1350. The van der Waals surface area contributed by atoms with Crippen LogP contribution in [0.15, 0.2) is 54.9 Å². The Balaban J connectivity index is 1.18. The second-order valence-corrected chi connectivity index (χ2v) is 11.5. The molecule has 4 heterocycles. The zero-order valence-electron chi connectivity index (χ0n) is 21.8. The first-order chi connectivity index (χ1) is 18.4. The van der Waals surface area contributed by atoms with Gasteiger partial charge in [-0.15, -0.1) is 0 Å². The molecule has 0 aliphatic carbocycles. The van der Waals surface area contributed by atoms with E-state index in [-0.39, 0.29) is 29.8 Å². The number of carbonyl (C=O) groups is 2. The van der Waals surface area contributed by atoms with Gasteiger partial charge in [-0.3, -0.25) is 9.59 Å². The Hall–Kier alpha value is -3.39. The molecule has 3 aliphatic rings. The fraction of sp³-hybridized carbons (Fsp3) is 0.500. The number of carbonyl (C=O) groups excluding carboxylic acids is 1. The second-order valence-electron chi connectivity index (χ2n) is 11.5. The van der Waals surface area contributed by atoms with Gasteiger partial charge >= 0.3 is 5.97 Å². The Kier molecular flexibility index (Phi) is 6.38. The van der Waals surface area contributed by atoms with Crippen LogP contribution in [0.2, 0.25) is 0 Å². The number of hydrogen-bond donors (Lipinski definition) is 1. The summed E-state index contributed by atoms with van der Waals surface area (Å²) in [4.78, 5) is 31.3. The molecule has 1 aromatic heterocycles. The Morgan fingerprint density at radius 2 is 1.95 bits per heavy atom. The first-order valence-corrected chi connectivity index (χ1v) is 13.6. The molecule has 3 aromatic rings. The van der Waals surface area contributed by atoms with Crippen molar-refractivity contribution in [2.45, 2.75) is 63.7 Å². The molecule has 2 aromatic carbocycles. The minimum absolute atomic E-state index is 0.0119. The summed E-state index contributed by atoms with van der Waals surface area (Å²) in [5.41, 5.74) is 2.21. The number of fused-ring (bicyclic) bond motifs is 4. The molecule has 8 nitrogen and oxygen atoms in total. The smallest absolute Gasteiger partial charge is 0.303 e. The number of piperidine rings is 1. The highest BCUT2D eigenvalue weighted by Gasteiger charge is 2.54. The number of carboxylic acid groups (broad SMARTS) is 1. The third-order valence-electron chi connectivity index (χ3n) is 8.88. The van der Waals surface area contributed by atoms with Crippen LogP contribution in [-0.2, 0) is 20.9 Å². The molecule has 8 heteroatoms. The molecule has 2 saturated heterocycles. The molecule has 0 saturated carbocycles. The van der Waals surface area contributed by atoms with Crippen molar-refractivity contribution in [2.24, 2.45) is 11.3 Å². The summed E-state index contributed by atoms with van der Waals surface area (Å²) in [6.07, 6.45) is 5.33. The maximum absolute atomic E-state index is 13.4. The number of aryl methyl sites for hydroxylation is 1. The van der Waals surface area contributed by atoms with Crippen LogP contribution < -0.4 is 4.74 Å². The number of likely N-dealkylation sites (tertiary alicyclic amines) is 1. The molecule has 4 atom stereocenters. The molecule has 38 heavy (non-hydrogen) atoms. The van der Waals surface area contributed by atoms with Crippen LogP contribution in [0.25, 0.3) is 11.0 Å². The molecule has 200 valence electrons. The van der Waals surface area contributed by atoms with Gasteiger partial charge < -0.3 is 24.0 Å². The van der Waals surface area contributed by atoms with Crippen molar-refractivity contribution in [2.75, 3.05) is 19.7 Å². The molecule has 1 spiro atoms. The number of imidazole rings is 1. The maximum atomic E-state index is 13.4. The van der Waals surface area contributed by atoms with Gasteiger partial charge in [-0.1, -0.05) is 30.3 Å². The molecule has 0 unspecified atom stereocenters. The number of carboxylic acids is 1. The Morgan fingerprint density at radius 3 is 2.82 bits per heavy atom. The summed E-state index contributed by atoms with van der Waals surface area (Å²) < 4.78 is 15.2. The van der Waals surface area contributed by atoms with Gasteiger partial charge in [0.25, 0.3) is 0 Å². The van der Waals surface area contributed by atoms with Crippen LogP contribution in [0.1, 0.15) is 57.1 Å². The summed E-state index contributed by atoms with van der Waals surface area (Å²) in [6.45, 7) is 4.65. The molecule has 1 N–H and O–H groups in total. The van der Waals surface area contributed by atoms with Gasteiger partial charge in [-0.05, 0) is 50.8 Å². The highest BCUT2D eigenvalue weighted by atomic mass is 16.5. The molecular weight excluding hydrogens is 482 g/mol. The van der Waals surface area contributed by atoms with Crippen LogP contribution in [-0.4, -0.2) is 56.7 Å². The lowest BCUT2D eigenvalue weighted by atomic mass is 9.64. The number of ether oxygens (including phenoxy) is 2. The fourth-order valence-electron chi connectivity index (χ4n) is 6.85. The molecular formula is C30H35N3O5. The van der Waals surface area contributed by atoms with Crippen LogP contribution in [0.4, 0.5) is 0 Å². The number of aromatic nitrogens is 2. The molecule has 3 aliphatic heterocycles. The topological polar surface area (TPSA) is 93.9 Å². The predicted molar refractivity (Wildman–Crippen MR) is 142 cm³/mol. The van der Waals surface area contributed by atoms with E-state index in [1.807, 2.05) is 65.2 Å². The van der Waals surface area contributed by atoms with Crippen LogP contribution in [0.3, 0.4) is 0 Å². The first kappa shape index (κ1) is 24.9. The highest BCUT2D eigenvalue weighted by Crippen LogP contribution is 2.56. The van der Waals surface area contributed by atoms with Crippen molar-refractivity contribution in [3.8, 4) is 5.75 Å². The highest BCUT2D eigenvalue weighted by molar-refractivity contribution is 5.77. The molecule has 0 bridgehead atoms. The van der Waals surface area contributed by atoms with Gasteiger partial charge in [0.2, 0.25) is 5.91 Å². The quantitative estimate of drug-likeness (QED) is 0.504. The summed E-state index contributed by atoms with van der Waals surface area (Å²) in [7, 11) is 0. The number of rotatable bonds is 6. The SMILES string of the molecule is C[C@]1(CCC(=O)O)Oc2ccccc2[C@@H]2OC[C@]3(CCCN(C(=O)CCn4cnc5ccccc54)C3)C[C@H]21. The molecule has 6 rings (SSSR count). The van der Waals surface area contributed by atoms with Gasteiger partial charge in [0.15, 0.2) is 0 Å². The van der Waals surface area contributed by atoms with Gasteiger partial charge in [-0.2, -0.15) is 0 Å². The third-order valence-corrected chi connectivity index (χ3v) is 8.88. The van der Waals surface area contributed by atoms with Crippen LogP contribution >= 0.6 is 0 Å². The lowest BCUT2D eigenvalue weighted by Gasteiger charge is -2.55. The van der Waals surface area contributed by atoms with Crippen molar-refractivity contribution in [3.05, 3.63) is 60.4 Å². The Morgan fingerprint density at radius 1 is 1.13 bits per heavy atom. The van der Waals surface area contributed by atoms with Crippen LogP contribution in [0.5, 0.6) is 5.75 Å². The van der Waals surface area contributed by atoms with E-state index in [4.69, 9.17) is 9.47 Å². The monoisotopic (exact) mass is 517 g/mol. The van der Waals surface area contributed by atoms with Gasteiger partial charge in [0.1, 0.15) is 11.4 Å². The van der Waals surface area contributed by atoms with Crippen molar-refractivity contribution in [3.63, 3.8) is 0 Å². The second kappa shape index (κ2) is 9.73. The van der Waals surface area contributed by atoms with E-state index in [0.29, 0.717) is 32.5 Å². The average molecular weight is 518 g/mol. The van der Waals surface area contributed by atoms with E-state index >= 15 is 0 Å². The number of aliphatic carboxylic acids is 1. The first-order valence-electron chi connectivity index (χ1n) is 13.6. The fourth-order valence-corrected chi connectivity index (χ4v) is 6.85. The van der Waals surface area contributed by atoms with Crippen molar-refractivity contribution in [1.29, 1.82) is 0 Å². The number of amides is 1. The van der Waals surface area contributed by atoms with E-state index in [2.05, 4.69) is 11.1 Å². The zero-order valence-corrected chi connectivity index (χ0v) is 21.8. The lowest BCUT2D eigenvalue weighted by Crippen LogP contribution is -2.57. The summed E-state index contributed by atoms with van der Waals surface area (Å²) in [5.74, 6) is 0.127. The van der Waals surface area contributed by atoms with E-state index in [1.165, 1.54) is 0 Å². The minimum atomic E-state index is -0.822. The lowest BCUT2D eigenvalue weighted by molar-refractivity contribution is -0.185. The van der Waals surface area contributed by atoms with Crippen LogP contribution in [0, 0.1) is 11.3 Å². The summed E-state index contributed by atoms with van der Waals surface area (Å²) in [6, 6.07) is 15.9. The number of benzene rings is 2. The standard InChI is InChI=1S/C30H35N3O5/c1-29(14-11-27(35)36)22-17-30(19-37-28(22)21-7-2-5-10-25(21)38-29)13-6-15-32(18-30)26(34)12-16-33-20-31-23-8-3-4-9-24(23)33/h2-5,7-10,20,22,28H,6,11-19H2,1H3,(H,35,36)/t22-,28+,29-,30-/m1/s1. The molecule has 1 amide bonds. The summed E-state index contributed by atoms with van der Waals surface area (Å²) >= 11 is 0. The van der Waals surface area contributed by atoms with Crippen molar-refractivity contribution in [1.82, 2.24) is 14.5 Å². The predicted octanol–water partition coefficient (Wildman–Crippen LogP) is 4.83. The summed E-state index contributed by atoms with van der Waals surface area (Å²) in [5, 5.41) is 9.43. The van der Waals surface area contributed by atoms with Crippen molar-refractivity contribution >= 4 is 22.9 Å². The number of para-hydroxylation sites is 3. The molecule has 0 radical (unpaired) electrons. The minimum Gasteiger partial charge on any atom is -0.487 e. The maximum Gasteiger partial charge on any atom is 0.303 e. The van der Waals surface area contributed by atoms with Gasteiger partial charge in [0, 0.05) is 49.4 Å². The normalized spacial score (nSPS) is 28.5. The Labute approximate surface area is 222 Å². The van der Waals surface area contributed by atoms with Gasteiger partial charge in [-0.25, -0.2) is 4.98 Å². The van der Waals surface area contributed by atoms with E-state index < -0.39 is 11.6 Å². The third kappa shape index (κ3) is 4.55. The number of nitrogens with zero attached hydrogens (tertiary/aromatic N) is 3.